The Labute approximate surface area is 172 Å². The first-order valence-electron chi connectivity index (χ1n) is 8.32. The molecule has 1 unspecified atom stereocenters. The summed E-state index contributed by atoms with van der Waals surface area (Å²) in [6, 6.07) is 10.6. The van der Waals surface area contributed by atoms with Gasteiger partial charge in [0.25, 0.3) is 0 Å². The van der Waals surface area contributed by atoms with Gasteiger partial charge in [0.1, 0.15) is 0 Å². The van der Waals surface area contributed by atoms with Gasteiger partial charge in [-0.3, -0.25) is 9.98 Å². The summed E-state index contributed by atoms with van der Waals surface area (Å²) in [5.74, 6) is 0.858. The van der Waals surface area contributed by atoms with Gasteiger partial charge in [-0.2, -0.15) is 0 Å². The van der Waals surface area contributed by atoms with Crippen molar-refractivity contribution in [3.05, 3.63) is 52.5 Å². The average Bonchev–Trinajstić information content (AvgIpc) is 3.10. The van der Waals surface area contributed by atoms with E-state index in [-0.39, 0.29) is 24.0 Å². The topological polar surface area (TPSA) is 52.6 Å². The van der Waals surface area contributed by atoms with E-state index in [4.69, 9.17) is 4.99 Å². The van der Waals surface area contributed by atoms with E-state index in [1.165, 1.54) is 4.88 Å². The Morgan fingerprint density at radius 3 is 2.68 bits per heavy atom. The van der Waals surface area contributed by atoms with E-state index in [1.807, 2.05) is 24.4 Å². The molecule has 5 nitrogen and oxygen atoms in total. The van der Waals surface area contributed by atoms with E-state index < -0.39 is 0 Å². The fourth-order valence-corrected chi connectivity index (χ4v) is 3.28. The van der Waals surface area contributed by atoms with Gasteiger partial charge in [-0.25, -0.2) is 0 Å². The third-order valence-corrected chi connectivity index (χ3v) is 4.63. The quantitative estimate of drug-likeness (QED) is 0.352. The molecule has 2 aromatic heterocycles. The van der Waals surface area contributed by atoms with Gasteiger partial charge in [0.2, 0.25) is 0 Å². The molecule has 0 fully saturated rings. The highest BCUT2D eigenvalue weighted by atomic mass is 127. The first-order chi connectivity index (χ1) is 11.7. The zero-order valence-corrected chi connectivity index (χ0v) is 18.3. The number of hydrogen-bond donors (Lipinski definition) is 2. The molecule has 0 radical (unpaired) electrons. The van der Waals surface area contributed by atoms with Crippen LogP contribution in [0.5, 0.6) is 0 Å². The minimum Gasteiger partial charge on any atom is -0.357 e. The molecule has 138 valence electrons. The van der Waals surface area contributed by atoms with Crippen LogP contribution in [0.4, 0.5) is 0 Å². The molecule has 0 aliphatic heterocycles. The Bertz CT molecular complexity index is 601. The number of pyridine rings is 1. The number of hydrogen-bond acceptors (Lipinski definition) is 4. The summed E-state index contributed by atoms with van der Waals surface area (Å²) in [6.07, 6.45) is 2.71. The minimum absolute atomic E-state index is 0. The summed E-state index contributed by atoms with van der Waals surface area (Å²) in [5.41, 5.74) is 1.09. The minimum atomic E-state index is 0. The summed E-state index contributed by atoms with van der Waals surface area (Å²) in [5, 5.41) is 8.82. The molecule has 2 N–H and O–H groups in total. The van der Waals surface area contributed by atoms with E-state index in [0.717, 1.165) is 37.7 Å². The van der Waals surface area contributed by atoms with Gasteiger partial charge in [-0.05, 0) is 44.6 Å². The Kier molecular flexibility index (Phi) is 10.7. The molecule has 2 rings (SSSR count). The highest BCUT2D eigenvalue weighted by Crippen LogP contribution is 2.23. The molecule has 0 spiro atoms. The lowest BCUT2D eigenvalue weighted by atomic mass is 10.2. The van der Waals surface area contributed by atoms with Crippen LogP contribution in [-0.4, -0.2) is 49.6 Å². The maximum absolute atomic E-state index is 4.76. The van der Waals surface area contributed by atoms with Crippen molar-refractivity contribution in [3.63, 3.8) is 0 Å². The molecule has 25 heavy (non-hydrogen) atoms. The number of thiophene rings is 1. The van der Waals surface area contributed by atoms with Crippen LogP contribution in [0.15, 0.2) is 46.9 Å². The van der Waals surface area contributed by atoms with Gasteiger partial charge in [-0.15, -0.1) is 35.3 Å². The molecular formula is C18H28IN5S. The molecule has 0 saturated carbocycles. The fourth-order valence-electron chi connectivity index (χ4n) is 2.36. The van der Waals surface area contributed by atoms with Crippen LogP contribution in [0, 0.1) is 0 Å². The van der Waals surface area contributed by atoms with Gasteiger partial charge in [0.15, 0.2) is 5.96 Å². The van der Waals surface area contributed by atoms with Crippen molar-refractivity contribution in [2.75, 3.05) is 33.7 Å². The van der Waals surface area contributed by atoms with Crippen LogP contribution in [0.3, 0.4) is 0 Å². The lowest BCUT2D eigenvalue weighted by Crippen LogP contribution is -2.39. The summed E-state index contributed by atoms with van der Waals surface area (Å²) < 4.78 is 0. The predicted molar refractivity (Wildman–Crippen MR) is 118 cm³/mol. The molecule has 0 amide bonds. The molecule has 0 aliphatic rings. The summed E-state index contributed by atoms with van der Waals surface area (Å²) in [4.78, 5) is 12.7. The molecular weight excluding hydrogens is 445 g/mol. The Morgan fingerprint density at radius 1 is 1.24 bits per heavy atom. The molecule has 1 atom stereocenters. The van der Waals surface area contributed by atoms with Gasteiger partial charge < -0.3 is 15.5 Å². The van der Waals surface area contributed by atoms with Crippen LogP contribution >= 0.6 is 35.3 Å². The van der Waals surface area contributed by atoms with Gasteiger partial charge in [0.05, 0.1) is 12.6 Å². The standard InChI is InChI=1S/C18H27N5S.HI/c1-4-19-18(21-12-10-15-8-5-6-11-20-15)22-14-16(23(2)3)17-9-7-13-24-17;/h5-9,11,13,16H,4,10,12,14H2,1-3H3,(H2,19,21,22);1H. The van der Waals surface area contributed by atoms with Crippen LogP contribution in [0.1, 0.15) is 23.5 Å². The monoisotopic (exact) mass is 473 g/mol. The van der Waals surface area contributed by atoms with E-state index in [2.05, 4.69) is 59.0 Å². The zero-order valence-electron chi connectivity index (χ0n) is 15.1. The highest BCUT2D eigenvalue weighted by molar-refractivity contribution is 14.0. The second kappa shape index (κ2) is 12.2. The highest BCUT2D eigenvalue weighted by Gasteiger charge is 2.14. The number of halogens is 1. The Morgan fingerprint density at radius 2 is 2.08 bits per heavy atom. The molecule has 0 saturated heterocycles. The van der Waals surface area contributed by atoms with Gasteiger partial charge in [-0.1, -0.05) is 12.1 Å². The number of nitrogens with zero attached hydrogens (tertiary/aromatic N) is 3. The molecule has 0 bridgehead atoms. The number of aromatic nitrogens is 1. The van der Waals surface area contributed by atoms with E-state index in [9.17, 15) is 0 Å². The van der Waals surface area contributed by atoms with Crippen LogP contribution < -0.4 is 10.6 Å². The third-order valence-electron chi connectivity index (χ3n) is 3.66. The van der Waals surface area contributed by atoms with Crippen LogP contribution in [0.2, 0.25) is 0 Å². The van der Waals surface area contributed by atoms with Crippen molar-refractivity contribution >= 4 is 41.3 Å². The number of guanidine groups is 1. The van der Waals surface area contributed by atoms with Crippen LogP contribution in [0.25, 0.3) is 0 Å². The predicted octanol–water partition coefficient (Wildman–Crippen LogP) is 3.16. The van der Waals surface area contributed by atoms with Crippen molar-refractivity contribution in [2.24, 2.45) is 4.99 Å². The normalized spacial score (nSPS) is 12.6. The smallest absolute Gasteiger partial charge is 0.191 e. The van der Waals surface area contributed by atoms with Gasteiger partial charge in [0, 0.05) is 36.3 Å². The number of rotatable bonds is 8. The van der Waals surface area contributed by atoms with Crippen molar-refractivity contribution in [3.8, 4) is 0 Å². The molecule has 2 aromatic rings. The van der Waals surface area contributed by atoms with Crippen molar-refractivity contribution < 1.29 is 0 Å². The second-order valence-corrected chi connectivity index (χ2v) is 6.69. The lowest BCUT2D eigenvalue weighted by molar-refractivity contribution is 0.310. The lowest BCUT2D eigenvalue weighted by Gasteiger charge is -2.22. The Hall–Kier alpha value is -1.19. The number of likely N-dealkylation sites (N-methyl/N-ethyl adjacent to an activating group) is 1. The number of nitrogens with one attached hydrogen (secondary N) is 2. The maximum atomic E-state index is 4.76. The second-order valence-electron chi connectivity index (χ2n) is 5.71. The maximum Gasteiger partial charge on any atom is 0.191 e. The molecule has 0 aromatic carbocycles. The first kappa shape index (κ1) is 21.9. The van der Waals surface area contributed by atoms with Crippen molar-refractivity contribution in [1.82, 2.24) is 20.5 Å². The van der Waals surface area contributed by atoms with Crippen molar-refractivity contribution in [2.45, 2.75) is 19.4 Å². The Balaban J connectivity index is 0.00000312. The van der Waals surface area contributed by atoms with Gasteiger partial charge >= 0.3 is 0 Å². The largest absolute Gasteiger partial charge is 0.357 e. The molecule has 2 heterocycles. The average molecular weight is 473 g/mol. The van der Waals surface area contributed by atoms with Crippen LogP contribution in [-0.2, 0) is 6.42 Å². The fraction of sp³-hybridized carbons (Fsp3) is 0.444. The molecule has 0 aliphatic carbocycles. The zero-order chi connectivity index (χ0) is 17.2. The summed E-state index contributed by atoms with van der Waals surface area (Å²) >= 11 is 1.78. The summed E-state index contributed by atoms with van der Waals surface area (Å²) in [6.45, 7) is 4.47. The molecule has 7 heteroatoms. The van der Waals surface area contributed by atoms with E-state index in [1.54, 1.807) is 11.3 Å². The SMILES string of the molecule is CCNC(=NCC(c1cccs1)N(C)C)NCCc1ccccn1.I. The third kappa shape index (κ3) is 7.70. The van der Waals surface area contributed by atoms with E-state index in [0.29, 0.717) is 6.04 Å². The first-order valence-corrected chi connectivity index (χ1v) is 9.20. The van der Waals surface area contributed by atoms with E-state index >= 15 is 0 Å². The van der Waals surface area contributed by atoms with Crippen molar-refractivity contribution in [1.29, 1.82) is 0 Å². The number of aliphatic imine (C=N–C) groups is 1. The summed E-state index contributed by atoms with van der Waals surface area (Å²) in [7, 11) is 4.20.